The number of ether oxygens (including phenoxy) is 1. The molecule has 0 aliphatic rings. The van der Waals surface area contributed by atoms with Crippen molar-refractivity contribution in [1.29, 1.82) is 0 Å². The zero-order valence-electron chi connectivity index (χ0n) is 9.76. The molecule has 0 radical (unpaired) electrons. The Labute approximate surface area is 101 Å². The molecule has 7 heteroatoms. The first-order valence-electron chi connectivity index (χ1n) is 5.18. The molecule has 0 aliphatic carbocycles. The van der Waals surface area contributed by atoms with Gasteiger partial charge in [0.25, 0.3) is 10.1 Å². The number of hydrogen-bond acceptors (Lipinski definition) is 5. The summed E-state index contributed by atoms with van der Waals surface area (Å²) in [6.07, 6.45) is 0.147. The number of hydrogen-bond donors (Lipinski definition) is 2. The highest BCUT2D eigenvalue weighted by Crippen LogP contribution is 2.04. The molecule has 2 N–H and O–H groups in total. The number of carbonyl (C=O) groups is 1. The smallest absolute Gasteiger partial charge is 0.333 e. The van der Waals surface area contributed by atoms with E-state index in [4.69, 9.17) is 9.29 Å². The second kappa shape index (κ2) is 7.41. The maximum absolute atomic E-state index is 10.9. The van der Waals surface area contributed by atoms with Gasteiger partial charge in [-0.1, -0.05) is 6.58 Å². The van der Waals surface area contributed by atoms with Gasteiger partial charge in [0, 0.05) is 5.57 Å². The normalized spacial score (nSPS) is 13.1. The molecule has 0 aromatic heterocycles. The average Bonchev–Trinajstić information content (AvgIpc) is 2.13. The van der Waals surface area contributed by atoms with Crippen molar-refractivity contribution in [2.24, 2.45) is 0 Å². The molecule has 0 amide bonds. The van der Waals surface area contributed by atoms with Gasteiger partial charge in [0.15, 0.2) is 0 Å². The SMILES string of the molecule is C=C(C)C(=O)OCCCCC(O)CS(=O)(=O)O. The minimum atomic E-state index is -4.14. The molecule has 0 aromatic rings. The van der Waals surface area contributed by atoms with E-state index in [2.05, 4.69) is 6.58 Å². The van der Waals surface area contributed by atoms with E-state index >= 15 is 0 Å². The predicted molar refractivity (Wildman–Crippen MR) is 62.0 cm³/mol. The van der Waals surface area contributed by atoms with E-state index in [0.29, 0.717) is 18.4 Å². The van der Waals surface area contributed by atoms with Crippen molar-refractivity contribution in [2.45, 2.75) is 32.3 Å². The minimum Gasteiger partial charge on any atom is -0.462 e. The van der Waals surface area contributed by atoms with Crippen LogP contribution < -0.4 is 0 Å². The third-order valence-electron chi connectivity index (χ3n) is 1.92. The van der Waals surface area contributed by atoms with Gasteiger partial charge < -0.3 is 9.84 Å². The molecule has 1 unspecified atom stereocenters. The number of aliphatic hydroxyl groups excluding tert-OH is 1. The van der Waals surface area contributed by atoms with Crippen molar-refractivity contribution in [2.75, 3.05) is 12.4 Å². The summed E-state index contributed by atoms with van der Waals surface area (Å²) in [7, 11) is -4.14. The summed E-state index contributed by atoms with van der Waals surface area (Å²) >= 11 is 0. The molecule has 0 fully saturated rings. The van der Waals surface area contributed by atoms with Gasteiger partial charge in [-0.25, -0.2) is 4.79 Å². The largest absolute Gasteiger partial charge is 0.462 e. The molecule has 0 aromatic carbocycles. The van der Waals surface area contributed by atoms with E-state index in [0.717, 1.165) is 0 Å². The fourth-order valence-corrected chi connectivity index (χ4v) is 1.75. The van der Waals surface area contributed by atoms with Crippen molar-refractivity contribution in [3.05, 3.63) is 12.2 Å². The molecule has 1 atom stereocenters. The van der Waals surface area contributed by atoms with Crippen molar-refractivity contribution < 1.29 is 27.6 Å². The Morgan fingerprint density at radius 2 is 2.00 bits per heavy atom. The number of rotatable bonds is 8. The molecule has 100 valence electrons. The fourth-order valence-electron chi connectivity index (χ4n) is 1.10. The third-order valence-corrected chi connectivity index (χ3v) is 2.72. The zero-order chi connectivity index (χ0) is 13.5. The molecule has 0 rings (SSSR count). The Balaban J connectivity index is 3.59. The topological polar surface area (TPSA) is 101 Å². The molecule has 0 spiro atoms. The number of unbranched alkanes of at least 4 members (excludes halogenated alkanes) is 1. The lowest BCUT2D eigenvalue weighted by Gasteiger charge is -2.08. The van der Waals surface area contributed by atoms with Crippen LogP contribution in [0.5, 0.6) is 0 Å². The molecule has 0 saturated heterocycles. The maximum atomic E-state index is 10.9. The lowest BCUT2D eigenvalue weighted by atomic mass is 10.2. The molecular formula is C10H18O6S. The van der Waals surface area contributed by atoms with Gasteiger partial charge in [-0.3, -0.25) is 4.55 Å². The Kier molecular flexibility index (Phi) is 7.01. The summed E-state index contributed by atoms with van der Waals surface area (Å²) in [6, 6.07) is 0. The van der Waals surface area contributed by atoms with Crippen LogP contribution in [0.25, 0.3) is 0 Å². The Bertz CT molecular complexity index is 359. The first kappa shape index (κ1) is 16.1. The molecule has 0 aliphatic heterocycles. The highest BCUT2D eigenvalue weighted by Gasteiger charge is 2.13. The molecule has 0 heterocycles. The summed E-state index contributed by atoms with van der Waals surface area (Å²) in [5.74, 6) is -1.14. The van der Waals surface area contributed by atoms with Crippen LogP contribution in [0.1, 0.15) is 26.2 Å². The Morgan fingerprint density at radius 1 is 1.41 bits per heavy atom. The summed E-state index contributed by atoms with van der Waals surface area (Å²) in [5, 5.41) is 9.22. The van der Waals surface area contributed by atoms with Crippen molar-refractivity contribution in [3.8, 4) is 0 Å². The van der Waals surface area contributed by atoms with Crippen LogP contribution in [-0.2, 0) is 19.6 Å². The second-order valence-electron chi connectivity index (χ2n) is 3.81. The number of aliphatic hydroxyl groups is 1. The van der Waals surface area contributed by atoms with Gasteiger partial charge in [0.2, 0.25) is 0 Å². The van der Waals surface area contributed by atoms with E-state index in [9.17, 15) is 18.3 Å². The quantitative estimate of drug-likeness (QED) is 0.287. The van der Waals surface area contributed by atoms with Gasteiger partial charge in [0.05, 0.1) is 12.7 Å². The first-order chi connectivity index (χ1) is 7.72. The standard InChI is InChI=1S/C10H18O6S/c1-8(2)10(12)16-6-4-3-5-9(11)7-17(13,14)15/h9,11H,1,3-7H2,2H3,(H,13,14,15). The summed E-state index contributed by atoms with van der Waals surface area (Å²) in [5.41, 5.74) is 0.316. The maximum Gasteiger partial charge on any atom is 0.333 e. The van der Waals surface area contributed by atoms with Crippen molar-refractivity contribution in [3.63, 3.8) is 0 Å². The summed E-state index contributed by atoms with van der Waals surface area (Å²) in [4.78, 5) is 10.9. The number of carbonyl (C=O) groups excluding carboxylic acids is 1. The summed E-state index contributed by atoms with van der Waals surface area (Å²) < 4.78 is 34.1. The van der Waals surface area contributed by atoms with E-state index in [1.807, 2.05) is 0 Å². The minimum absolute atomic E-state index is 0.199. The van der Waals surface area contributed by atoms with Gasteiger partial charge >= 0.3 is 5.97 Å². The highest BCUT2D eigenvalue weighted by molar-refractivity contribution is 7.85. The first-order valence-corrected chi connectivity index (χ1v) is 6.79. The molecule has 0 bridgehead atoms. The molecule has 6 nitrogen and oxygen atoms in total. The van der Waals surface area contributed by atoms with Crippen LogP contribution >= 0.6 is 0 Å². The van der Waals surface area contributed by atoms with Crippen LogP contribution in [0.2, 0.25) is 0 Å². The lowest BCUT2D eigenvalue weighted by molar-refractivity contribution is -0.139. The van der Waals surface area contributed by atoms with E-state index in [1.165, 1.54) is 6.92 Å². The van der Waals surface area contributed by atoms with E-state index < -0.39 is 27.9 Å². The van der Waals surface area contributed by atoms with Gasteiger partial charge in [-0.15, -0.1) is 0 Å². The van der Waals surface area contributed by atoms with Crippen molar-refractivity contribution in [1.82, 2.24) is 0 Å². The van der Waals surface area contributed by atoms with Crippen LogP contribution in [0, 0.1) is 0 Å². The molecule has 0 saturated carbocycles. The average molecular weight is 266 g/mol. The Morgan fingerprint density at radius 3 is 2.47 bits per heavy atom. The second-order valence-corrected chi connectivity index (χ2v) is 5.31. The fraction of sp³-hybridized carbons (Fsp3) is 0.700. The number of esters is 1. The van der Waals surface area contributed by atoms with E-state index in [1.54, 1.807) is 0 Å². The third kappa shape index (κ3) is 9.98. The van der Waals surface area contributed by atoms with Crippen molar-refractivity contribution >= 4 is 16.1 Å². The van der Waals surface area contributed by atoms with Crippen LogP contribution in [-0.4, -0.2) is 42.5 Å². The van der Waals surface area contributed by atoms with E-state index in [-0.39, 0.29) is 13.0 Å². The Hall–Kier alpha value is -0.920. The molecule has 17 heavy (non-hydrogen) atoms. The highest BCUT2D eigenvalue weighted by atomic mass is 32.2. The van der Waals surface area contributed by atoms with Gasteiger partial charge in [-0.05, 0) is 26.2 Å². The van der Waals surface area contributed by atoms with Gasteiger partial charge in [-0.2, -0.15) is 8.42 Å². The van der Waals surface area contributed by atoms with Crippen LogP contribution in [0.4, 0.5) is 0 Å². The predicted octanol–water partition coefficient (Wildman–Crippen LogP) is 0.525. The zero-order valence-corrected chi connectivity index (χ0v) is 10.6. The lowest BCUT2D eigenvalue weighted by Crippen LogP contribution is -2.20. The monoisotopic (exact) mass is 266 g/mol. The van der Waals surface area contributed by atoms with Crippen LogP contribution in [0.3, 0.4) is 0 Å². The van der Waals surface area contributed by atoms with Gasteiger partial charge in [0.1, 0.15) is 5.75 Å². The summed E-state index contributed by atoms with van der Waals surface area (Å²) in [6.45, 7) is 5.15. The molecular weight excluding hydrogens is 248 g/mol. The van der Waals surface area contributed by atoms with Crippen LogP contribution in [0.15, 0.2) is 12.2 Å².